The number of fused-ring (bicyclic) bond motifs is 1. The van der Waals surface area contributed by atoms with Crippen LogP contribution in [0.15, 0.2) is 12.1 Å². The average Bonchev–Trinajstić information content (AvgIpc) is 2.82. The Labute approximate surface area is 142 Å². The fraction of sp³-hybridized carbons (Fsp3) is 0.556. The van der Waals surface area contributed by atoms with E-state index in [2.05, 4.69) is 9.97 Å². The summed E-state index contributed by atoms with van der Waals surface area (Å²) in [6, 6.07) is 3.84. The van der Waals surface area contributed by atoms with Gasteiger partial charge in [0, 0.05) is 11.5 Å². The van der Waals surface area contributed by atoms with Crippen LogP contribution >= 0.6 is 11.6 Å². The number of aromatic nitrogens is 2. The van der Waals surface area contributed by atoms with Crippen LogP contribution in [0.1, 0.15) is 44.2 Å². The molecule has 124 valence electrons. The van der Waals surface area contributed by atoms with Gasteiger partial charge in [0.2, 0.25) is 5.28 Å². The molecule has 1 aromatic heterocycles. The molecule has 23 heavy (non-hydrogen) atoms. The lowest BCUT2D eigenvalue weighted by Crippen LogP contribution is -2.07. The minimum absolute atomic E-state index is 0.299. The molecule has 1 aliphatic rings. The highest BCUT2D eigenvalue weighted by Crippen LogP contribution is 2.34. The fourth-order valence-corrected chi connectivity index (χ4v) is 3.68. The molecule has 0 N–H and O–H groups in total. The van der Waals surface area contributed by atoms with Gasteiger partial charge in [-0.05, 0) is 30.0 Å². The summed E-state index contributed by atoms with van der Waals surface area (Å²) in [5.74, 6) is 2.04. The van der Waals surface area contributed by atoms with Crippen molar-refractivity contribution in [2.75, 3.05) is 14.2 Å². The molecule has 5 heteroatoms. The predicted molar refractivity (Wildman–Crippen MR) is 92.5 cm³/mol. The van der Waals surface area contributed by atoms with Gasteiger partial charge in [0.1, 0.15) is 0 Å². The lowest BCUT2D eigenvalue weighted by molar-refractivity contribution is 0.355. The molecule has 1 aromatic carbocycles. The van der Waals surface area contributed by atoms with E-state index in [4.69, 9.17) is 21.1 Å². The van der Waals surface area contributed by atoms with E-state index in [0.717, 1.165) is 23.0 Å². The molecule has 0 saturated heterocycles. The van der Waals surface area contributed by atoms with Crippen molar-refractivity contribution in [3.8, 4) is 11.5 Å². The maximum absolute atomic E-state index is 6.15. The Kier molecular flexibility index (Phi) is 5.21. The Balaban J connectivity index is 2.00. The molecule has 0 spiro atoms. The first kappa shape index (κ1) is 16.3. The van der Waals surface area contributed by atoms with Crippen LogP contribution in [0, 0.1) is 5.92 Å². The number of ether oxygens (including phenoxy) is 2. The first-order chi connectivity index (χ1) is 11.2. The Morgan fingerprint density at radius 3 is 2.30 bits per heavy atom. The topological polar surface area (TPSA) is 44.2 Å². The zero-order chi connectivity index (χ0) is 16.2. The predicted octanol–water partition coefficient (Wildman–Crippen LogP) is 4.81. The van der Waals surface area contributed by atoms with Crippen molar-refractivity contribution in [2.45, 2.75) is 44.9 Å². The maximum atomic E-state index is 6.15. The Morgan fingerprint density at radius 1 is 1.00 bits per heavy atom. The Bertz CT molecular complexity index is 682. The smallest absolute Gasteiger partial charge is 0.223 e. The Morgan fingerprint density at radius 2 is 1.65 bits per heavy atom. The van der Waals surface area contributed by atoms with Crippen LogP contribution in [0.4, 0.5) is 0 Å². The minimum Gasteiger partial charge on any atom is -0.493 e. The van der Waals surface area contributed by atoms with E-state index in [-0.39, 0.29) is 0 Å². The number of methoxy groups -OCH3 is 2. The summed E-state index contributed by atoms with van der Waals surface area (Å²) in [5, 5.41) is 1.31. The van der Waals surface area contributed by atoms with Crippen LogP contribution < -0.4 is 9.47 Å². The monoisotopic (exact) mass is 334 g/mol. The summed E-state index contributed by atoms with van der Waals surface area (Å²) < 4.78 is 10.8. The van der Waals surface area contributed by atoms with Gasteiger partial charge in [-0.1, -0.05) is 38.5 Å². The summed E-state index contributed by atoms with van der Waals surface area (Å²) in [7, 11) is 3.27. The first-order valence-corrected chi connectivity index (χ1v) is 8.67. The summed E-state index contributed by atoms with van der Waals surface area (Å²) in [5.41, 5.74) is 1.83. The normalized spacial score (nSPS) is 16.3. The molecule has 0 amide bonds. The molecule has 1 heterocycles. The van der Waals surface area contributed by atoms with E-state index in [9.17, 15) is 0 Å². The fourth-order valence-electron chi connectivity index (χ4n) is 3.48. The lowest BCUT2D eigenvalue weighted by atomic mass is 9.93. The SMILES string of the molecule is COc1cc2nc(Cl)nc(CC3CCCCCC3)c2cc1OC. The van der Waals surface area contributed by atoms with E-state index >= 15 is 0 Å². The van der Waals surface area contributed by atoms with Gasteiger partial charge in [-0.15, -0.1) is 0 Å². The molecular weight excluding hydrogens is 312 g/mol. The highest BCUT2D eigenvalue weighted by molar-refractivity contribution is 6.28. The van der Waals surface area contributed by atoms with Gasteiger partial charge in [-0.25, -0.2) is 9.97 Å². The number of nitrogens with zero attached hydrogens (tertiary/aromatic N) is 2. The van der Waals surface area contributed by atoms with Crippen LogP contribution in [-0.2, 0) is 6.42 Å². The van der Waals surface area contributed by atoms with E-state index in [1.165, 1.54) is 38.5 Å². The van der Waals surface area contributed by atoms with Gasteiger partial charge in [0.25, 0.3) is 0 Å². The Hall–Kier alpha value is -1.55. The highest BCUT2D eigenvalue weighted by Gasteiger charge is 2.18. The van der Waals surface area contributed by atoms with E-state index in [0.29, 0.717) is 22.7 Å². The van der Waals surface area contributed by atoms with E-state index < -0.39 is 0 Å². The number of rotatable bonds is 4. The number of benzene rings is 1. The number of halogens is 1. The molecule has 0 unspecified atom stereocenters. The first-order valence-electron chi connectivity index (χ1n) is 8.29. The van der Waals surface area contributed by atoms with Gasteiger partial charge in [-0.2, -0.15) is 0 Å². The second-order valence-electron chi connectivity index (χ2n) is 6.23. The third-order valence-corrected chi connectivity index (χ3v) is 4.88. The van der Waals surface area contributed by atoms with Gasteiger partial charge in [-0.3, -0.25) is 0 Å². The second kappa shape index (κ2) is 7.35. The van der Waals surface area contributed by atoms with Gasteiger partial charge in [0.15, 0.2) is 11.5 Å². The summed E-state index contributed by atoms with van der Waals surface area (Å²) in [4.78, 5) is 8.87. The van der Waals surface area contributed by atoms with Crippen LogP contribution in [0.2, 0.25) is 5.28 Å². The average molecular weight is 335 g/mol. The molecule has 3 rings (SSSR count). The van der Waals surface area contributed by atoms with Crippen molar-refractivity contribution in [2.24, 2.45) is 5.92 Å². The molecule has 1 aliphatic carbocycles. The van der Waals surface area contributed by atoms with Crippen molar-refractivity contribution in [3.63, 3.8) is 0 Å². The van der Waals surface area contributed by atoms with Crippen LogP contribution in [0.25, 0.3) is 10.9 Å². The standard InChI is InChI=1S/C18H23ClN2O2/c1-22-16-10-13-14(9-12-7-5-3-4-6-8-12)20-18(19)21-15(13)11-17(16)23-2/h10-12H,3-9H2,1-2H3. The molecule has 1 fully saturated rings. The summed E-state index contributed by atoms with van der Waals surface area (Å²) >= 11 is 6.15. The van der Waals surface area contributed by atoms with Gasteiger partial charge < -0.3 is 9.47 Å². The quantitative estimate of drug-likeness (QED) is 0.594. The van der Waals surface area contributed by atoms with Crippen LogP contribution in [-0.4, -0.2) is 24.2 Å². The molecule has 0 aliphatic heterocycles. The van der Waals surface area contributed by atoms with E-state index in [1.807, 2.05) is 12.1 Å². The third kappa shape index (κ3) is 3.69. The lowest BCUT2D eigenvalue weighted by Gasteiger charge is -2.16. The van der Waals surface area contributed by atoms with Crippen LogP contribution in [0.5, 0.6) is 11.5 Å². The van der Waals surface area contributed by atoms with Gasteiger partial charge in [0.05, 0.1) is 25.4 Å². The van der Waals surface area contributed by atoms with E-state index in [1.54, 1.807) is 14.2 Å². The summed E-state index contributed by atoms with van der Waals surface area (Å²) in [6.07, 6.45) is 8.84. The van der Waals surface area contributed by atoms with Crippen LogP contribution in [0.3, 0.4) is 0 Å². The van der Waals surface area contributed by atoms with Crippen molar-refractivity contribution < 1.29 is 9.47 Å². The third-order valence-electron chi connectivity index (χ3n) is 4.71. The maximum Gasteiger partial charge on any atom is 0.223 e. The molecule has 0 bridgehead atoms. The summed E-state index contributed by atoms with van der Waals surface area (Å²) in [6.45, 7) is 0. The molecule has 2 aromatic rings. The zero-order valence-corrected chi connectivity index (χ0v) is 14.5. The second-order valence-corrected chi connectivity index (χ2v) is 6.56. The minimum atomic E-state index is 0.299. The highest BCUT2D eigenvalue weighted by atomic mass is 35.5. The molecule has 0 radical (unpaired) electrons. The number of hydrogen-bond donors (Lipinski definition) is 0. The number of hydrogen-bond acceptors (Lipinski definition) is 4. The van der Waals surface area contributed by atoms with Crippen molar-refractivity contribution in [1.82, 2.24) is 9.97 Å². The molecule has 4 nitrogen and oxygen atoms in total. The zero-order valence-electron chi connectivity index (χ0n) is 13.8. The van der Waals surface area contributed by atoms with Crippen molar-refractivity contribution in [3.05, 3.63) is 23.1 Å². The molecular formula is C18H23ClN2O2. The largest absolute Gasteiger partial charge is 0.493 e. The van der Waals surface area contributed by atoms with Crippen molar-refractivity contribution >= 4 is 22.5 Å². The van der Waals surface area contributed by atoms with Gasteiger partial charge >= 0.3 is 0 Å². The molecule has 0 atom stereocenters. The van der Waals surface area contributed by atoms with Crippen molar-refractivity contribution in [1.29, 1.82) is 0 Å². The molecule has 1 saturated carbocycles.